The van der Waals surface area contributed by atoms with Crippen molar-refractivity contribution in [1.29, 1.82) is 0 Å². The largest absolute Gasteiger partial charge is 0.481 e. The quantitative estimate of drug-likeness (QED) is 0.568. The van der Waals surface area contributed by atoms with Crippen molar-refractivity contribution in [2.45, 2.75) is 63.1 Å². The maximum absolute atomic E-state index is 12.8. The lowest BCUT2D eigenvalue weighted by Gasteiger charge is -2.37. The molecule has 0 unspecified atom stereocenters. The van der Waals surface area contributed by atoms with Gasteiger partial charge in [-0.25, -0.2) is 0 Å². The van der Waals surface area contributed by atoms with E-state index in [9.17, 15) is 23.1 Å². The van der Waals surface area contributed by atoms with E-state index < -0.39 is 24.0 Å². The summed E-state index contributed by atoms with van der Waals surface area (Å²) >= 11 is 3.40. The molecule has 156 valence electrons. The van der Waals surface area contributed by atoms with Gasteiger partial charge in [-0.05, 0) is 68.1 Å². The van der Waals surface area contributed by atoms with Crippen molar-refractivity contribution in [2.75, 3.05) is 6.61 Å². The van der Waals surface area contributed by atoms with Gasteiger partial charge in [0, 0.05) is 4.47 Å². The lowest BCUT2D eigenvalue weighted by Crippen LogP contribution is -2.37. The Kier molecular flexibility index (Phi) is 7.07. The minimum Gasteiger partial charge on any atom is -0.481 e. The fraction of sp³-hybridized carbons (Fsp3) is 0.667. The standard InChI is InChI=1S/C21H26BrF3O3/c22-16-8-4-13(5-9-16)18-3-1-2-14(19(18)20(26)27)12-28-17-10-6-15(7-11-17)21(23,24)25/h4-5,8-9,14-15,17-19H,1-3,6-7,10-12H2,(H,26,27)/t14-,15?,17?,18+,19-/m0/s1. The number of ether oxygens (including phenoxy) is 1. The van der Waals surface area contributed by atoms with Gasteiger partial charge in [-0.3, -0.25) is 4.79 Å². The molecule has 0 spiro atoms. The number of carboxylic acid groups (broad SMARTS) is 1. The van der Waals surface area contributed by atoms with Crippen molar-refractivity contribution < 1.29 is 27.8 Å². The average Bonchev–Trinajstić information content (AvgIpc) is 2.66. The number of aliphatic carboxylic acids is 1. The third-order valence-corrected chi connectivity index (χ3v) is 6.83. The third-order valence-electron chi connectivity index (χ3n) is 6.30. The Hall–Kier alpha value is -1.08. The highest BCUT2D eigenvalue weighted by Crippen LogP contribution is 2.43. The summed E-state index contributed by atoms with van der Waals surface area (Å²) in [6.45, 7) is 0.311. The van der Waals surface area contributed by atoms with Crippen LogP contribution in [0.4, 0.5) is 13.2 Å². The Morgan fingerprint density at radius 3 is 2.29 bits per heavy atom. The zero-order valence-electron chi connectivity index (χ0n) is 15.6. The molecule has 3 nitrogen and oxygen atoms in total. The molecule has 3 rings (SSSR count). The van der Waals surface area contributed by atoms with Gasteiger partial charge < -0.3 is 9.84 Å². The minimum absolute atomic E-state index is 0.0612. The molecule has 28 heavy (non-hydrogen) atoms. The minimum atomic E-state index is -4.12. The van der Waals surface area contributed by atoms with Crippen LogP contribution in [0.15, 0.2) is 28.7 Å². The molecule has 0 amide bonds. The first-order valence-corrected chi connectivity index (χ1v) is 10.7. The van der Waals surface area contributed by atoms with Crippen LogP contribution in [0, 0.1) is 17.8 Å². The first kappa shape index (κ1) is 21.6. The number of hydrogen-bond acceptors (Lipinski definition) is 2. The molecule has 1 N–H and O–H groups in total. The van der Waals surface area contributed by atoms with E-state index in [1.165, 1.54) is 0 Å². The highest BCUT2D eigenvalue weighted by molar-refractivity contribution is 9.10. The fourth-order valence-corrected chi connectivity index (χ4v) is 5.01. The molecule has 0 aromatic heterocycles. The maximum Gasteiger partial charge on any atom is 0.391 e. The molecule has 7 heteroatoms. The lowest BCUT2D eigenvalue weighted by molar-refractivity contribution is -0.188. The monoisotopic (exact) mass is 462 g/mol. The van der Waals surface area contributed by atoms with Crippen LogP contribution in [0.1, 0.15) is 56.4 Å². The fourth-order valence-electron chi connectivity index (χ4n) is 4.75. The van der Waals surface area contributed by atoms with E-state index in [0.29, 0.717) is 19.4 Å². The first-order chi connectivity index (χ1) is 13.3. The summed E-state index contributed by atoms with van der Waals surface area (Å²) in [5.41, 5.74) is 1.02. The molecule has 0 saturated heterocycles. The summed E-state index contributed by atoms with van der Waals surface area (Å²) in [4.78, 5) is 12.0. The van der Waals surface area contributed by atoms with E-state index in [1.54, 1.807) is 0 Å². The van der Waals surface area contributed by atoms with Gasteiger partial charge in [0.15, 0.2) is 0 Å². The Bertz CT molecular complexity index is 654. The van der Waals surface area contributed by atoms with Gasteiger partial charge in [-0.1, -0.05) is 34.5 Å². The zero-order chi connectivity index (χ0) is 20.3. The van der Waals surface area contributed by atoms with E-state index >= 15 is 0 Å². The lowest BCUT2D eigenvalue weighted by atomic mass is 9.69. The van der Waals surface area contributed by atoms with Crippen LogP contribution in [0.3, 0.4) is 0 Å². The van der Waals surface area contributed by atoms with Crippen LogP contribution >= 0.6 is 15.9 Å². The smallest absolute Gasteiger partial charge is 0.391 e. The highest BCUT2D eigenvalue weighted by Gasteiger charge is 2.43. The highest BCUT2D eigenvalue weighted by atomic mass is 79.9. The van der Waals surface area contributed by atoms with Gasteiger partial charge in [0.1, 0.15) is 0 Å². The van der Waals surface area contributed by atoms with Crippen LogP contribution < -0.4 is 0 Å². The molecule has 1 aromatic carbocycles. The van der Waals surface area contributed by atoms with Crippen molar-refractivity contribution in [3.63, 3.8) is 0 Å². The SMILES string of the molecule is O=C(O)[C@H]1[C@H](COC2CCC(C(F)(F)F)CC2)CCC[C@@H]1c1ccc(Br)cc1. The van der Waals surface area contributed by atoms with E-state index in [4.69, 9.17) is 4.74 Å². The Morgan fingerprint density at radius 2 is 1.71 bits per heavy atom. The zero-order valence-corrected chi connectivity index (χ0v) is 17.2. The van der Waals surface area contributed by atoms with Gasteiger partial charge >= 0.3 is 12.1 Å². The van der Waals surface area contributed by atoms with Gasteiger partial charge in [-0.2, -0.15) is 13.2 Å². The molecule has 2 aliphatic carbocycles. The third kappa shape index (κ3) is 5.29. The predicted octanol–water partition coefficient (Wildman–Crippen LogP) is 6.17. The Morgan fingerprint density at radius 1 is 1.07 bits per heavy atom. The van der Waals surface area contributed by atoms with Gasteiger partial charge in [0.2, 0.25) is 0 Å². The van der Waals surface area contributed by atoms with Crippen molar-refractivity contribution in [3.05, 3.63) is 34.3 Å². The number of benzene rings is 1. The number of carboxylic acids is 1. The van der Waals surface area contributed by atoms with E-state index in [0.717, 1.165) is 29.3 Å². The second-order valence-electron chi connectivity index (χ2n) is 8.06. The molecule has 2 aliphatic rings. The second-order valence-corrected chi connectivity index (χ2v) is 8.98. The summed E-state index contributed by atoms with van der Waals surface area (Å²) in [6, 6.07) is 7.78. The van der Waals surface area contributed by atoms with E-state index in [2.05, 4.69) is 15.9 Å². The summed E-state index contributed by atoms with van der Waals surface area (Å²) < 4.78 is 45.3. The summed E-state index contributed by atoms with van der Waals surface area (Å²) in [5.74, 6) is -2.74. The van der Waals surface area contributed by atoms with Crippen LogP contribution in [-0.2, 0) is 9.53 Å². The molecular weight excluding hydrogens is 437 g/mol. The molecule has 2 saturated carbocycles. The van der Waals surface area contributed by atoms with Crippen molar-refractivity contribution in [1.82, 2.24) is 0 Å². The van der Waals surface area contributed by atoms with Crippen molar-refractivity contribution in [2.24, 2.45) is 17.8 Å². The Balaban J connectivity index is 1.60. The molecule has 0 heterocycles. The van der Waals surface area contributed by atoms with Crippen LogP contribution in [0.25, 0.3) is 0 Å². The van der Waals surface area contributed by atoms with Crippen molar-refractivity contribution >= 4 is 21.9 Å². The van der Waals surface area contributed by atoms with Crippen LogP contribution in [0.2, 0.25) is 0 Å². The topological polar surface area (TPSA) is 46.5 Å². The molecular formula is C21H26BrF3O3. The summed E-state index contributed by atoms with van der Waals surface area (Å²) in [5, 5.41) is 9.87. The normalized spacial score (nSPS) is 31.5. The molecule has 3 atom stereocenters. The maximum atomic E-state index is 12.8. The number of rotatable bonds is 5. The number of alkyl halides is 3. The molecule has 0 aliphatic heterocycles. The molecule has 1 aromatic rings. The van der Waals surface area contributed by atoms with Gasteiger partial charge in [0.05, 0.1) is 24.5 Å². The van der Waals surface area contributed by atoms with Crippen LogP contribution in [-0.4, -0.2) is 30.0 Å². The summed E-state index contributed by atoms with van der Waals surface area (Å²) in [6.07, 6.45) is -0.796. The van der Waals surface area contributed by atoms with Gasteiger partial charge in [-0.15, -0.1) is 0 Å². The number of halogens is 4. The molecule has 0 bridgehead atoms. The van der Waals surface area contributed by atoms with E-state index in [1.807, 2.05) is 24.3 Å². The van der Waals surface area contributed by atoms with Gasteiger partial charge in [0.25, 0.3) is 0 Å². The van der Waals surface area contributed by atoms with Crippen molar-refractivity contribution in [3.8, 4) is 0 Å². The molecule has 2 fully saturated rings. The predicted molar refractivity (Wildman–Crippen MR) is 103 cm³/mol. The number of carbonyl (C=O) groups is 1. The number of hydrogen-bond donors (Lipinski definition) is 1. The van der Waals surface area contributed by atoms with Crippen LogP contribution in [0.5, 0.6) is 0 Å². The first-order valence-electron chi connectivity index (χ1n) is 9.92. The second kappa shape index (κ2) is 9.16. The molecule has 0 radical (unpaired) electrons. The Labute approximate surface area is 171 Å². The summed E-state index contributed by atoms with van der Waals surface area (Å²) in [7, 11) is 0. The van der Waals surface area contributed by atoms with E-state index in [-0.39, 0.29) is 30.8 Å². The average molecular weight is 463 g/mol.